The Morgan fingerprint density at radius 1 is 1.35 bits per heavy atom. The quantitative estimate of drug-likeness (QED) is 0.885. The van der Waals surface area contributed by atoms with Gasteiger partial charge in [0.05, 0.1) is 6.10 Å². The average Bonchev–Trinajstić information content (AvgIpc) is 2.92. The molecular weight excluding hydrogens is 252 g/mol. The summed E-state index contributed by atoms with van der Waals surface area (Å²) in [4.78, 5) is 13.8. The summed E-state index contributed by atoms with van der Waals surface area (Å²) >= 11 is 0. The minimum absolute atomic E-state index is 0.0679. The minimum Gasteiger partial charge on any atom is -0.389 e. The van der Waals surface area contributed by atoms with E-state index >= 15 is 0 Å². The number of nitrogens with one attached hydrogen (secondary N) is 1. The summed E-state index contributed by atoms with van der Waals surface area (Å²) in [5, 5.41) is 12.3. The summed E-state index contributed by atoms with van der Waals surface area (Å²) in [6.45, 7) is 2.56. The van der Waals surface area contributed by atoms with Crippen molar-refractivity contribution in [3.63, 3.8) is 0 Å². The third kappa shape index (κ3) is 3.97. The van der Waals surface area contributed by atoms with Gasteiger partial charge < -0.3 is 15.3 Å². The number of aliphatic hydroxyl groups is 1. The van der Waals surface area contributed by atoms with Crippen molar-refractivity contribution in [3.05, 3.63) is 29.8 Å². The molecule has 4 nitrogen and oxygen atoms in total. The zero-order valence-corrected chi connectivity index (χ0v) is 12.3. The standard InChI is InChI=1S/C16H24N2O2/c1-12(19)14-7-9-15(10-8-14)17-16(20)18(2)11-13-5-3-4-6-13/h7-10,12-13,19H,3-6,11H2,1-2H3,(H,17,20). The molecule has 1 atom stereocenters. The van der Waals surface area contributed by atoms with Crippen molar-refractivity contribution in [2.45, 2.75) is 38.7 Å². The van der Waals surface area contributed by atoms with Crippen LogP contribution in [0.2, 0.25) is 0 Å². The highest BCUT2D eigenvalue weighted by Gasteiger charge is 2.19. The molecule has 1 aromatic carbocycles. The van der Waals surface area contributed by atoms with Crippen LogP contribution in [0.4, 0.5) is 10.5 Å². The highest BCUT2D eigenvalue weighted by molar-refractivity contribution is 5.89. The number of hydrogen-bond donors (Lipinski definition) is 2. The van der Waals surface area contributed by atoms with Crippen LogP contribution in [0.15, 0.2) is 24.3 Å². The van der Waals surface area contributed by atoms with E-state index in [1.54, 1.807) is 11.8 Å². The number of carbonyl (C=O) groups excluding carboxylic acids is 1. The summed E-state index contributed by atoms with van der Waals surface area (Å²) in [5.74, 6) is 0.656. The van der Waals surface area contributed by atoms with Crippen LogP contribution >= 0.6 is 0 Å². The van der Waals surface area contributed by atoms with Crippen LogP contribution in [0, 0.1) is 5.92 Å². The monoisotopic (exact) mass is 276 g/mol. The van der Waals surface area contributed by atoms with Gasteiger partial charge in [-0.2, -0.15) is 0 Å². The van der Waals surface area contributed by atoms with Crippen LogP contribution in [0.5, 0.6) is 0 Å². The molecule has 0 bridgehead atoms. The minimum atomic E-state index is -0.482. The van der Waals surface area contributed by atoms with Crippen LogP contribution in [0.3, 0.4) is 0 Å². The maximum atomic E-state index is 12.1. The maximum absolute atomic E-state index is 12.1. The van der Waals surface area contributed by atoms with Gasteiger partial charge in [-0.25, -0.2) is 4.79 Å². The Balaban J connectivity index is 1.86. The molecule has 1 aliphatic carbocycles. The van der Waals surface area contributed by atoms with E-state index in [0.717, 1.165) is 17.8 Å². The molecule has 20 heavy (non-hydrogen) atoms. The number of hydrogen-bond acceptors (Lipinski definition) is 2. The van der Waals surface area contributed by atoms with Gasteiger partial charge in [0.1, 0.15) is 0 Å². The molecule has 0 aliphatic heterocycles. The number of urea groups is 1. The fourth-order valence-corrected chi connectivity index (χ4v) is 2.73. The van der Waals surface area contributed by atoms with Gasteiger partial charge >= 0.3 is 6.03 Å². The molecule has 0 saturated heterocycles. The van der Waals surface area contributed by atoms with Gasteiger partial charge in [0.25, 0.3) is 0 Å². The predicted molar refractivity (Wildman–Crippen MR) is 80.7 cm³/mol. The molecule has 1 fully saturated rings. The van der Waals surface area contributed by atoms with Crippen molar-refractivity contribution in [3.8, 4) is 0 Å². The number of carbonyl (C=O) groups is 1. The first-order valence-electron chi connectivity index (χ1n) is 7.36. The van der Waals surface area contributed by atoms with Gasteiger partial charge in [-0.15, -0.1) is 0 Å². The van der Waals surface area contributed by atoms with E-state index in [9.17, 15) is 9.90 Å². The molecule has 1 aromatic rings. The van der Waals surface area contributed by atoms with Gasteiger partial charge in [0.15, 0.2) is 0 Å². The molecule has 2 amide bonds. The van der Waals surface area contributed by atoms with Gasteiger partial charge in [-0.3, -0.25) is 0 Å². The Hall–Kier alpha value is -1.55. The van der Waals surface area contributed by atoms with Crippen molar-refractivity contribution in [2.75, 3.05) is 18.9 Å². The highest BCUT2D eigenvalue weighted by Crippen LogP contribution is 2.25. The Bertz CT molecular complexity index is 436. The Kier molecular flexibility index (Phi) is 5.01. The molecule has 1 saturated carbocycles. The Morgan fingerprint density at radius 3 is 2.50 bits per heavy atom. The molecule has 0 radical (unpaired) electrons. The molecule has 0 spiro atoms. The van der Waals surface area contributed by atoms with Crippen LogP contribution < -0.4 is 5.32 Å². The molecule has 4 heteroatoms. The molecular formula is C16H24N2O2. The SMILES string of the molecule is CC(O)c1ccc(NC(=O)N(C)CC2CCCC2)cc1. The van der Waals surface area contributed by atoms with Crippen LogP contribution in [-0.2, 0) is 0 Å². The van der Waals surface area contributed by atoms with Crippen molar-refractivity contribution < 1.29 is 9.90 Å². The smallest absolute Gasteiger partial charge is 0.321 e. The third-order valence-corrected chi connectivity index (χ3v) is 4.00. The lowest BCUT2D eigenvalue weighted by Gasteiger charge is -2.21. The van der Waals surface area contributed by atoms with Crippen LogP contribution in [0.25, 0.3) is 0 Å². The van der Waals surface area contributed by atoms with E-state index in [2.05, 4.69) is 5.32 Å². The zero-order chi connectivity index (χ0) is 14.5. The average molecular weight is 276 g/mol. The first-order chi connectivity index (χ1) is 9.56. The van der Waals surface area contributed by atoms with Crippen molar-refractivity contribution >= 4 is 11.7 Å². The largest absolute Gasteiger partial charge is 0.389 e. The Labute approximate surface area is 120 Å². The third-order valence-electron chi connectivity index (χ3n) is 4.00. The lowest BCUT2D eigenvalue weighted by atomic mass is 10.1. The molecule has 2 N–H and O–H groups in total. The van der Waals surface area contributed by atoms with E-state index in [1.807, 2.05) is 31.3 Å². The fourth-order valence-electron chi connectivity index (χ4n) is 2.73. The molecule has 0 aromatic heterocycles. The van der Waals surface area contributed by atoms with E-state index in [4.69, 9.17) is 0 Å². The molecule has 1 aliphatic rings. The van der Waals surface area contributed by atoms with Crippen LogP contribution in [0.1, 0.15) is 44.3 Å². The van der Waals surface area contributed by atoms with Gasteiger partial charge in [-0.05, 0) is 43.4 Å². The number of anilines is 1. The molecule has 0 heterocycles. The first kappa shape index (κ1) is 14.9. The van der Waals surface area contributed by atoms with Crippen molar-refractivity contribution in [2.24, 2.45) is 5.92 Å². The lowest BCUT2D eigenvalue weighted by Crippen LogP contribution is -2.34. The van der Waals surface area contributed by atoms with E-state index in [0.29, 0.717) is 5.92 Å². The zero-order valence-electron chi connectivity index (χ0n) is 12.3. The van der Waals surface area contributed by atoms with Gasteiger partial charge in [-0.1, -0.05) is 25.0 Å². The first-order valence-corrected chi connectivity index (χ1v) is 7.36. The number of amides is 2. The number of benzene rings is 1. The van der Waals surface area contributed by atoms with Gasteiger partial charge in [0.2, 0.25) is 0 Å². The van der Waals surface area contributed by atoms with E-state index < -0.39 is 6.10 Å². The van der Waals surface area contributed by atoms with Crippen molar-refractivity contribution in [1.82, 2.24) is 4.90 Å². The second-order valence-electron chi connectivity index (χ2n) is 5.76. The summed E-state index contributed by atoms with van der Waals surface area (Å²) in [6.07, 6.45) is 4.58. The normalized spacial score (nSPS) is 16.9. The Morgan fingerprint density at radius 2 is 1.95 bits per heavy atom. The summed E-state index contributed by atoms with van der Waals surface area (Å²) < 4.78 is 0. The molecule has 2 rings (SSSR count). The van der Waals surface area contributed by atoms with E-state index in [1.165, 1.54) is 25.7 Å². The highest BCUT2D eigenvalue weighted by atomic mass is 16.3. The molecule has 1 unspecified atom stereocenters. The number of aliphatic hydroxyl groups excluding tert-OH is 1. The summed E-state index contributed by atoms with van der Waals surface area (Å²) in [5.41, 5.74) is 1.61. The lowest BCUT2D eigenvalue weighted by molar-refractivity contribution is 0.199. The number of nitrogens with zero attached hydrogens (tertiary/aromatic N) is 1. The van der Waals surface area contributed by atoms with Crippen LogP contribution in [-0.4, -0.2) is 29.6 Å². The summed E-state index contributed by atoms with van der Waals surface area (Å²) in [6, 6.07) is 7.24. The second kappa shape index (κ2) is 6.75. The number of rotatable bonds is 4. The maximum Gasteiger partial charge on any atom is 0.321 e. The van der Waals surface area contributed by atoms with Crippen molar-refractivity contribution in [1.29, 1.82) is 0 Å². The fraction of sp³-hybridized carbons (Fsp3) is 0.562. The predicted octanol–water partition coefficient (Wildman–Crippen LogP) is 3.39. The molecule has 110 valence electrons. The van der Waals surface area contributed by atoms with E-state index in [-0.39, 0.29) is 6.03 Å². The summed E-state index contributed by atoms with van der Waals surface area (Å²) in [7, 11) is 1.85. The topological polar surface area (TPSA) is 52.6 Å². The second-order valence-corrected chi connectivity index (χ2v) is 5.76. The van der Waals surface area contributed by atoms with Gasteiger partial charge in [0, 0.05) is 19.3 Å².